The summed E-state index contributed by atoms with van der Waals surface area (Å²) in [4.78, 5) is 23.6. The lowest BCUT2D eigenvalue weighted by Crippen LogP contribution is -2.35. The van der Waals surface area contributed by atoms with Crippen LogP contribution in [0.3, 0.4) is 0 Å². The van der Waals surface area contributed by atoms with E-state index in [1.807, 2.05) is 6.92 Å². The first-order chi connectivity index (χ1) is 13.8. The molecule has 9 nitrogen and oxygen atoms in total. The smallest absolute Gasteiger partial charge is 0.262 e. The fraction of sp³-hybridized carbons (Fsp3) is 0.263. The van der Waals surface area contributed by atoms with Gasteiger partial charge < -0.3 is 20.1 Å². The molecule has 0 spiro atoms. The molecule has 10 heteroatoms. The van der Waals surface area contributed by atoms with Crippen molar-refractivity contribution in [3.05, 3.63) is 42.5 Å². The molecule has 0 bridgehead atoms. The highest BCUT2D eigenvalue weighted by Gasteiger charge is 2.26. The van der Waals surface area contributed by atoms with E-state index < -0.39 is 15.9 Å². The number of hydrogen-bond donors (Lipinski definition) is 2. The Morgan fingerprint density at radius 2 is 1.97 bits per heavy atom. The number of carbonyl (C=O) groups excluding carboxylic acids is 2. The van der Waals surface area contributed by atoms with Crippen LogP contribution in [-0.2, 0) is 19.6 Å². The van der Waals surface area contributed by atoms with Crippen LogP contribution in [0.1, 0.15) is 6.92 Å². The Hall–Kier alpha value is -3.11. The highest BCUT2D eigenvalue weighted by Crippen LogP contribution is 2.30. The lowest BCUT2D eigenvalue weighted by Gasteiger charge is -2.21. The number of rotatable bonds is 7. The van der Waals surface area contributed by atoms with Gasteiger partial charge in [0.15, 0.2) is 6.61 Å². The number of sulfonamides is 1. The van der Waals surface area contributed by atoms with Gasteiger partial charge in [0, 0.05) is 12.7 Å². The first-order valence-electron chi connectivity index (χ1n) is 8.85. The van der Waals surface area contributed by atoms with Gasteiger partial charge in [0.05, 0.1) is 23.7 Å². The molecule has 1 aliphatic rings. The van der Waals surface area contributed by atoms with Crippen molar-refractivity contribution in [2.24, 2.45) is 0 Å². The van der Waals surface area contributed by atoms with E-state index in [-0.39, 0.29) is 29.6 Å². The number of amides is 2. The second-order valence-corrected chi connectivity index (χ2v) is 8.31. The predicted molar refractivity (Wildman–Crippen MR) is 107 cm³/mol. The number of likely N-dealkylation sites (N-methyl/N-ethyl adjacent to an activating group) is 1. The molecular formula is C19H21N3O6S. The van der Waals surface area contributed by atoms with Crippen molar-refractivity contribution < 1.29 is 27.5 Å². The first kappa shape index (κ1) is 20.6. The van der Waals surface area contributed by atoms with Crippen molar-refractivity contribution in [1.82, 2.24) is 4.31 Å². The summed E-state index contributed by atoms with van der Waals surface area (Å²) in [6.45, 7) is 1.91. The quantitative estimate of drug-likeness (QED) is 0.706. The Kier molecular flexibility index (Phi) is 6.04. The van der Waals surface area contributed by atoms with Crippen LogP contribution in [0.15, 0.2) is 47.4 Å². The number of nitrogens with zero attached hydrogens (tertiary/aromatic N) is 1. The molecule has 2 aromatic rings. The minimum atomic E-state index is -3.95. The zero-order chi connectivity index (χ0) is 21.0. The van der Waals surface area contributed by atoms with Gasteiger partial charge in [0.1, 0.15) is 11.5 Å². The van der Waals surface area contributed by atoms with Crippen molar-refractivity contribution in [3.63, 3.8) is 0 Å². The summed E-state index contributed by atoms with van der Waals surface area (Å²) in [6, 6.07) is 10.9. The molecule has 0 fully saturated rings. The van der Waals surface area contributed by atoms with Crippen LogP contribution in [0.2, 0.25) is 0 Å². The van der Waals surface area contributed by atoms with E-state index in [4.69, 9.17) is 9.47 Å². The second-order valence-electron chi connectivity index (χ2n) is 6.26. The summed E-state index contributed by atoms with van der Waals surface area (Å²) in [6.07, 6.45) is 0. The van der Waals surface area contributed by atoms with Gasteiger partial charge in [0.25, 0.3) is 5.91 Å². The third-order valence-corrected chi connectivity index (χ3v) is 5.91. The summed E-state index contributed by atoms with van der Waals surface area (Å²) < 4.78 is 37.1. The lowest BCUT2D eigenvalue weighted by atomic mass is 10.2. The van der Waals surface area contributed by atoms with Gasteiger partial charge in [-0.1, -0.05) is 0 Å². The van der Waals surface area contributed by atoms with E-state index in [1.165, 1.54) is 25.2 Å². The third-order valence-electron chi connectivity index (χ3n) is 4.11. The van der Waals surface area contributed by atoms with E-state index in [1.54, 1.807) is 24.3 Å². The maximum absolute atomic E-state index is 12.8. The fourth-order valence-corrected chi connectivity index (χ4v) is 3.85. The zero-order valence-corrected chi connectivity index (χ0v) is 16.8. The molecule has 0 atom stereocenters. The maximum Gasteiger partial charge on any atom is 0.262 e. The summed E-state index contributed by atoms with van der Waals surface area (Å²) in [7, 11) is -2.64. The summed E-state index contributed by atoms with van der Waals surface area (Å²) in [5.41, 5.74) is 0.799. The molecule has 0 radical (unpaired) electrons. The average molecular weight is 419 g/mol. The van der Waals surface area contributed by atoms with Crippen LogP contribution in [0.25, 0.3) is 0 Å². The standard InChI is InChI=1S/C19H21N3O6S/c1-3-27-14-6-4-13(5-7-14)20-18(23)11-22(2)29(25,26)15-8-9-17-16(10-15)21-19(24)12-28-17/h4-10H,3,11-12H2,1-2H3,(H,20,23)(H,21,24). The van der Waals surface area contributed by atoms with Crippen LogP contribution >= 0.6 is 0 Å². The first-order valence-corrected chi connectivity index (χ1v) is 10.3. The number of ether oxygens (including phenoxy) is 2. The zero-order valence-electron chi connectivity index (χ0n) is 16.0. The van der Waals surface area contributed by atoms with Crippen molar-refractivity contribution in [1.29, 1.82) is 0 Å². The van der Waals surface area contributed by atoms with Crippen LogP contribution in [0.4, 0.5) is 11.4 Å². The van der Waals surface area contributed by atoms with E-state index in [9.17, 15) is 18.0 Å². The molecule has 0 aromatic heterocycles. The molecule has 3 rings (SSSR count). The summed E-state index contributed by atoms with van der Waals surface area (Å²) >= 11 is 0. The van der Waals surface area contributed by atoms with E-state index in [0.29, 0.717) is 23.8 Å². The molecule has 2 amide bonds. The number of carbonyl (C=O) groups is 2. The Balaban J connectivity index is 1.67. The minimum absolute atomic E-state index is 0.0570. The Labute approximate surface area is 168 Å². The predicted octanol–water partition coefficient (Wildman–Crippen LogP) is 1.68. The molecule has 1 heterocycles. The number of hydrogen-bond acceptors (Lipinski definition) is 6. The number of fused-ring (bicyclic) bond motifs is 1. The van der Waals surface area contributed by atoms with Crippen molar-refractivity contribution in [3.8, 4) is 11.5 Å². The largest absolute Gasteiger partial charge is 0.494 e. The van der Waals surface area contributed by atoms with Crippen LogP contribution < -0.4 is 20.1 Å². The fourth-order valence-electron chi connectivity index (χ4n) is 2.69. The van der Waals surface area contributed by atoms with E-state index in [0.717, 1.165) is 4.31 Å². The van der Waals surface area contributed by atoms with Crippen molar-refractivity contribution in [2.45, 2.75) is 11.8 Å². The van der Waals surface area contributed by atoms with Crippen LogP contribution in [-0.4, -0.2) is 51.3 Å². The minimum Gasteiger partial charge on any atom is -0.494 e. The Bertz CT molecular complexity index is 1020. The molecule has 0 saturated heterocycles. The van der Waals surface area contributed by atoms with Crippen molar-refractivity contribution in [2.75, 3.05) is 37.4 Å². The van der Waals surface area contributed by atoms with Gasteiger partial charge in [-0.15, -0.1) is 0 Å². The number of nitrogens with one attached hydrogen (secondary N) is 2. The normalized spacial score (nSPS) is 13.3. The molecule has 0 unspecified atom stereocenters. The maximum atomic E-state index is 12.8. The number of anilines is 2. The van der Waals surface area contributed by atoms with Gasteiger partial charge >= 0.3 is 0 Å². The average Bonchev–Trinajstić information content (AvgIpc) is 2.69. The summed E-state index contributed by atoms with van der Waals surface area (Å²) in [5.74, 6) is 0.207. The highest BCUT2D eigenvalue weighted by atomic mass is 32.2. The molecule has 1 aliphatic heterocycles. The third kappa shape index (κ3) is 4.84. The van der Waals surface area contributed by atoms with Crippen LogP contribution in [0, 0.1) is 0 Å². The summed E-state index contributed by atoms with van der Waals surface area (Å²) in [5, 5.41) is 5.21. The molecule has 2 aromatic carbocycles. The monoisotopic (exact) mass is 419 g/mol. The Morgan fingerprint density at radius 3 is 2.66 bits per heavy atom. The van der Waals surface area contributed by atoms with E-state index >= 15 is 0 Å². The lowest BCUT2D eigenvalue weighted by molar-refractivity contribution is -0.118. The van der Waals surface area contributed by atoms with Crippen LogP contribution in [0.5, 0.6) is 11.5 Å². The van der Waals surface area contributed by atoms with Gasteiger partial charge in [-0.2, -0.15) is 4.31 Å². The SMILES string of the molecule is CCOc1ccc(NC(=O)CN(C)S(=O)(=O)c2ccc3c(c2)NC(=O)CO3)cc1. The number of benzene rings is 2. The highest BCUT2D eigenvalue weighted by molar-refractivity contribution is 7.89. The molecule has 2 N–H and O–H groups in total. The van der Waals surface area contributed by atoms with Crippen molar-refractivity contribution >= 4 is 33.2 Å². The topological polar surface area (TPSA) is 114 Å². The van der Waals surface area contributed by atoms with Gasteiger partial charge in [0.2, 0.25) is 15.9 Å². The van der Waals surface area contributed by atoms with Gasteiger partial charge in [-0.3, -0.25) is 9.59 Å². The van der Waals surface area contributed by atoms with E-state index in [2.05, 4.69) is 10.6 Å². The molecule has 29 heavy (non-hydrogen) atoms. The van der Waals surface area contributed by atoms with Gasteiger partial charge in [-0.25, -0.2) is 8.42 Å². The molecule has 0 aliphatic carbocycles. The second kappa shape index (κ2) is 8.50. The molecular weight excluding hydrogens is 398 g/mol. The molecule has 154 valence electrons. The van der Waals surface area contributed by atoms with Gasteiger partial charge in [-0.05, 0) is 49.4 Å². The Morgan fingerprint density at radius 1 is 1.24 bits per heavy atom. The molecule has 0 saturated carbocycles.